The van der Waals surface area contributed by atoms with E-state index in [1.54, 1.807) is 6.07 Å². The predicted molar refractivity (Wildman–Crippen MR) is 98.6 cm³/mol. The minimum atomic E-state index is -0.232. The molecule has 0 N–H and O–H groups in total. The molecule has 2 aromatic carbocycles. The van der Waals surface area contributed by atoms with E-state index in [1.165, 1.54) is 23.9 Å². The molecule has 0 radical (unpaired) electrons. The Morgan fingerprint density at radius 1 is 1.04 bits per heavy atom. The Hall–Kier alpha value is -2.40. The molecule has 0 fully saturated rings. The number of hydrogen-bond acceptors (Lipinski definition) is 4. The van der Waals surface area contributed by atoms with Crippen LogP contribution in [0.2, 0.25) is 0 Å². The molecule has 0 aliphatic carbocycles. The van der Waals surface area contributed by atoms with Gasteiger partial charge in [0.15, 0.2) is 5.16 Å². The average molecular weight is 354 g/mol. The first-order valence-electron chi connectivity index (χ1n) is 8.12. The van der Waals surface area contributed by atoms with Gasteiger partial charge >= 0.3 is 0 Å². The number of rotatable bonds is 6. The molecule has 128 valence electrons. The Kier molecular flexibility index (Phi) is 5.66. The zero-order chi connectivity index (χ0) is 17.6. The maximum atomic E-state index is 13.3. The number of aromatic nitrogens is 2. The fourth-order valence-electron chi connectivity index (χ4n) is 2.31. The minimum Gasteiger partial charge on any atom is -0.439 e. The number of benzene rings is 2. The van der Waals surface area contributed by atoms with Crippen LogP contribution in [0.15, 0.2) is 59.8 Å². The fourth-order valence-corrected chi connectivity index (χ4v) is 3.12. The normalized spacial score (nSPS) is 10.7. The minimum absolute atomic E-state index is 0.232. The summed E-state index contributed by atoms with van der Waals surface area (Å²) >= 11 is 1.47. The molecule has 0 amide bonds. The number of hydrogen-bond donors (Lipinski definition) is 0. The first-order valence-corrected chi connectivity index (χ1v) is 9.11. The average Bonchev–Trinajstić information content (AvgIpc) is 2.62. The Bertz CT molecular complexity index is 870. The molecule has 1 heterocycles. The second-order valence-corrected chi connectivity index (χ2v) is 6.56. The number of nitrogens with zero attached hydrogens (tertiary/aromatic N) is 2. The predicted octanol–water partition coefficient (Wildman–Crippen LogP) is 5.57. The van der Waals surface area contributed by atoms with Crippen LogP contribution in [0.4, 0.5) is 4.39 Å². The molecule has 3 rings (SSSR count). The van der Waals surface area contributed by atoms with Gasteiger partial charge in [-0.15, -0.1) is 0 Å². The molecule has 5 heteroatoms. The summed E-state index contributed by atoms with van der Waals surface area (Å²) in [6.07, 6.45) is 0.792. The van der Waals surface area contributed by atoms with Crippen molar-refractivity contribution in [3.63, 3.8) is 0 Å². The molecule has 0 spiro atoms. The fraction of sp³-hybridized carbons (Fsp3) is 0.200. The molecule has 0 unspecified atom stereocenters. The van der Waals surface area contributed by atoms with E-state index in [-0.39, 0.29) is 5.82 Å². The molecular weight excluding hydrogens is 335 g/mol. The summed E-state index contributed by atoms with van der Waals surface area (Å²) in [5.74, 6) is 1.69. The van der Waals surface area contributed by atoms with Crippen molar-refractivity contribution >= 4 is 11.8 Å². The Labute approximate surface area is 151 Å². The van der Waals surface area contributed by atoms with Gasteiger partial charge in [-0.1, -0.05) is 49.0 Å². The lowest BCUT2D eigenvalue weighted by Gasteiger charge is -2.10. The number of ether oxygens (including phenoxy) is 1. The number of para-hydroxylation sites is 1. The van der Waals surface area contributed by atoms with E-state index in [0.29, 0.717) is 16.8 Å². The highest BCUT2D eigenvalue weighted by Crippen LogP contribution is 2.27. The second kappa shape index (κ2) is 8.12. The molecule has 25 heavy (non-hydrogen) atoms. The summed E-state index contributed by atoms with van der Waals surface area (Å²) in [5, 5.41) is 0.632. The molecule has 3 aromatic rings. The Morgan fingerprint density at radius 3 is 2.64 bits per heavy atom. The van der Waals surface area contributed by atoms with Crippen LogP contribution in [-0.4, -0.2) is 9.97 Å². The summed E-state index contributed by atoms with van der Waals surface area (Å²) < 4.78 is 19.2. The van der Waals surface area contributed by atoms with E-state index in [0.717, 1.165) is 29.0 Å². The third kappa shape index (κ3) is 4.79. The molecule has 3 nitrogen and oxygen atoms in total. The van der Waals surface area contributed by atoms with Gasteiger partial charge in [-0.25, -0.2) is 9.37 Å². The van der Waals surface area contributed by atoms with Crippen LogP contribution in [0.3, 0.4) is 0 Å². The Balaban J connectivity index is 1.79. The van der Waals surface area contributed by atoms with Gasteiger partial charge in [0.1, 0.15) is 11.6 Å². The van der Waals surface area contributed by atoms with E-state index < -0.39 is 0 Å². The standard InChI is InChI=1S/C20H19FN2OS/c1-3-17-12-19(24-18-10-5-4-7-14(18)2)23-20(22-17)25-13-15-8-6-9-16(21)11-15/h4-12H,3,13H2,1-2H3. The van der Waals surface area contributed by atoms with Crippen molar-refractivity contribution in [3.8, 4) is 11.6 Å². The van der Waals surface area contributed by atoms with Gasteiger partial charge in [0, 0.05) is 17.5 Å². The number of halogens is 1. The van der Waals surface area contributed by atoms with Crippen molar-refractivity contribution in [2.75, 3.05) is 0 Å². The third-order valence-electron chi connectivity index (χ3n) is 3.66. The molecule has 1 aromatic heterocycles. The van der Waals surface area contributed by atoms with Crippen molar-refractivity contribution in [1.29, 1.82) is 0 Å². The smallest absolute Gasteiger partial charge is 0.223 e. The van der Waals surface area contributed by atoms with Gasteiger partial charge in [0.05, 0.1) is 0 Å². The van der Waals surface area contributed by atoms with E-state index in [9.17, 15) is 4.39 Å². The zero-order valence-corrected chi connectivity index (χ0v) is 15.0. The van der Waals surface area contributed by atoms with Crippen molar-refractivity contribution in [3.05, 3.63) is 77.2 Å². The van der Waals surface area contributed by atoms with Crippen molar-refractivity contribution in [2.45, 2.75) is 31.2 Å². The van der Waals surface area contributed by atoms with Crippen LogP contribution in [-0.2, 0) is 12.2 Å². The molecule has 0 aliphatic rings. The van der Waals surface area contributed by atoms with Crippen LogP contribution in [0, 0.1) is 12.7 Å². The first-order chi connectivity index (χ1) is 12.1. The van der Waals surface area contributed by atoms with Gasteiger partial charge in [0.25, 0.3) is 0 Å². The lowest BCUT2D eigenvalue weighted by molar-refractivity contribution is 0.450. The van der Waals surface area contributed by atoms with Crippen LogP contribution >= 0.6 is 11.8 Å². The molecule has 0 bridgehead atoms. The van der Waals surface area contributed by atoms with Gasteiger partial charge in [-0.05, 0) is 42.7 Å². The van der Waals surface area contributed by atoms with Gasteiger partial charge < -0.3 is 4.74 Å². The SMILES string of the molecule is CCc1cc(Oc2ccccc2C)nc(SCc2cccc(F)c2)n1. The summed E-state index contributed by atoms with van der Waals surface area (Å²) in [7, 11) is 0. The van der Waals surface area contributed by atoms with Crippen molar-refractivity contribution in [1.82, 2.24) is 9.97 Å². The quantitative estimate of drug-likeness (QED) is 0.428. The van der Waals surface area contributed by atoms with Gasteiger partial charge in [-0.3, -0.25) is 0 Å². The number of aryl methyl sites for hydroxylation is 2. The van der Waals surface area contributed by atoms with Crippen molar-refractivity contribution in [2.24, 2.45) is 0 Å². The van der Waals surface area contributed by atoms with E-state index in [2.05, 4.69) is 9.97 Å². The van der Waals surface area contributed by atoms with E-state index in [4.69, 9.17) is 4.74 Å². The first kappa shape index (κ1) is 17.4. The molecule has 0 aliphatic heterocycles. The van der Waals surface area contributed by atoms with Crippen molar-refractivity contribution < 1.29 is 9.13 Å². The highest BCUT2D eigenvalue weighted by Gasteiger charge is 2.08. The molecule has 0 saturated carbocycles. The van der Waals surface area contributed by atoms with Crippen LogP contribution in [0.1, 0.15) is 23.7 Å². The van der Waals surface area contributed by atoms with Gasteiger partial charge in [0.2, 0.25) is 5.88 Å². The highest BCUT2D eigenvalue weighted by molar-refractivity contribution is 7.98. The second-order valence-electron chi connectivity index (χ2n) is 5.62. The maximum absolute atomic E-state index is 13.3. The summed E-state index contributed by atoms with van der Waals surface area (Å²) in [6.45, 7) is 4.04. The van der Waals surface area contributed by atoms with E-state index >= 15 is 0 Å². The monoisotopic (exact) mass is 354 g/mol. The topological polar surface area (TPSA) is 35.0 Å². The van der Waals surface area contributed by atoms with Crippen LogP contribution < -0.4 is 4.74 Å². The Morgan fingerprint density at radius 2 is 1.88 bits per heavy atom. The highest BCUT2D eigenvalue weighted by atomic mass is 32.2. The summed E-state index contributed by atoms with van der Waals surface area (Å²) in [5.41, 5.74) is 2.87. The maximum Gasteiger partial charge on any atom is 0.223 e. The molecular formula is C20H19FN2OS. The van der Waals surface area contributed by atoms with Crippen LogP contribution in [0.5, 0.6) is 11.6 Å². The molecule has 0 atom stereocenters. The largest absolute Gasteiger partial charge is 0.439 e. The zero-order valence-electron chi connectivity index (χ0n) is 14.2. The summed E-state index contributed by atoms with van der Waals surface area (Å²) in [4.78, 5) is 9.02. The lowest BCUT2D eigenvalue weighted by Crippen LogP contribution is -1.98. The molecule has 0 saturated heterocycles. The summed E-state index contributed by atoms with van der Waals surface area (Å²) in [6, 6.07) is 16.3. The van der Waals surface area contributed by atoms with Crippen LogP contribution in [0.25, 0.3) is 0 Å². The van der Waals surface area contributed by atoms with E-state index in [1.807, 2.05) is 50.2 Å². The van der Waals surface area contributed by atoms with Gasteiger partial charge in [-0.2, -0.15) is 4.98 Å². The third-order valence-corrected chi connectivity index (χ3v) is 4.58. The lowest BCUT2D eigenvalue weighted by atomic mass is 10.2. The number of thioether (sulfide) groups is 1.